The van der Waals surface area contributed by atoms with Crippen LogP contribution in [0.1, 0.15) is 32.6 Å². The Morgan fingerprint density at radius 2 is 2.36 bits per heavy atom. The maximum atomic E-state index is 11.2. The Morgan fingerprint density at radius 3 is 2.82 bits per heavy atom. The summed E-state index contributed by atoms with van der Waals surface area (Å²) in [4.78, 5) is 22.2. The highest BCUT2D eigenvalue weighted by atomic mass is 16.1. The lowest BCUT2D eigenvalue weighted by molar-refractivity contribution is -0.120. The average Bonchev–Trinajstić information content (AvgIpc) is 2.36. The Balaban J connectivity index is 2.60. The van der Waals surface area contributed by atoms with Crippen LogP contribution in [0.3, 0.4) is 0 Å². The van der Waals surface area contributed by atoms with Gasteiger partial charge in [0.15, 0.2) is 11.6 Å². The fraction of sp³-hybridized carbons (Fsp3) is 0.556. The molecule has 0 amide bonds. The third kappa shape index (κ3) is 1.76. The zero-order valence-electron chi connectivity index (χ0n) is 6.72. The predicted octanol–water partition coefficient (Wildman–Crippen LogP) is 1.64. The Hall–Kier alpha value is -0.920. The van der Waals surface area contributed by atoms with Gasteiger partial charge in [-0.05, 0) is 12.8 Å². The molecule has 0 unspecified atom stereocenters. The van der Waals surface area contributed by atoms with Crippen LogP contribution < -0.4 is 0 Å². The number of hydrogen-bond donors (Lipinski definition) is 0. The summed E-state index contributed by atoms with van der Waals surface area (Å²) >= 11 is 0. The topological polar surface area (TPSA) is 34.1 Å². The van der Waals surface area contributed by atoms with Crippen LogP contribution >= 0.6 is 0 Å². The molecule has 2 nitrogen and oxygen atoms in total. The lowest BCUT2D eigenvalue weighted by Gasteiger charge is -1.95. The second kappa shape index (κ2) is 3.46. The molecule has 0 aromatic carbocycles. The SMILES string of the molecule is CCCC(=O)C1=CCCC1=O. The summed E-state index contributed by atoms with van der Waals surface area (Å²) in [5.74, 6) is 0.0541. The van der Waals surface area contributed by atoms with E-state index in [-0.39, 0.29) is 11.6 Å². The molecule has 1 rings (SSSR count). The number of ketones is 2. The summed E-state index contributed by atoms with van der Waals surface area (Å²) in [6.07, 6.45) is 4.38. The van der Waals surface area contributed by atoms with Crippen molar-refractivity contribution in [2.24, 2.45) is 0 Å². The maximum absolute atomic E-state index is 11.2. The lowest BCUT2D eigenvalue weighted by Crippen LogP contribution is -2.07. The molecule has 0 bridgehead atoms. The van der Waals surface area contributed by atoms with Gasteiger partial charge in [0.2, 0.25) is 0 Å². The molecule has 0 aromatic heterocycles. The van der Waals surface area contributed by atoms with Crippen molar-refractivity contribution in [3.05, 3.63) is 11.6 Å². The van der Waals surface area contributed by atoms with Crippen molar-refractivity contribution in [3.8, 4) is 0 Å². The largest absolute Gasteiger partial charge is 0.294 e. The molecule has 1 aliphatic rings. The second-order valence-corrected chi connectivity index (χ2v) is 2.75. The third-order valence-electron chi connectivity index (χ3n) is 1.80. The van der Waals surface area contributed by atoms with Gasteiger partial charge in [-0.3, -0.25) is 9.59 Å². The number of hydrogen-bond acceptors (Lipinski definition) is 2. The third-order valence-corrected chi connectivity index (χ3v) is 1.80. The van der Waals surface area contributed by atoms with Gasteiger partial charge >= 0.3 is 0 Å². The first-order valence-corrected chi connectivity index (χ1v) is 4.02. The van der Waals surface area contributed by atoms with Crippen molar-refractivity contribution in [1.29, 1.82) is 0 Å². The van der Waals surface area contributed by atoms with Crippen molar-refractivity contribution >= 4 is 11.6 Å². The highest BCUT2D eigenvalue weighted by molar-refractivity contribution is 6.21. The molecule has 0 aromatic rings. The summed E-state index contributed by atoms with van der Waals surface area (Å²) < 4.78 is 0. The summed E-state index contributed by atoms with van der Waals surface area (Å²) in [7, 11) is 0. The van der Waals surface area contributed by atoms with Crippen molar-refractivity contribution in [1.82, 2.24) is 0 Å². The van der Waals surface area contributed by atoms with E-state index >= 15 is 0 Å². The first-order valence-electron chi connectivity index (χ1n) is 4.02. The molecule has 0 heterocycles. The van der Waals surface area contributed by atoms with E-state index in [2.05, 4.69) is 0 Å². The highest BCUT2D eigenvalue weighted by Crippen LogP contribution is 2.16. The summed E-state index contributed by atoms with van der Waals surface area (Å²) in [6, 6.07) is 0. The number of carbonyl (C=O) groups is 2. The Labute approximate surface area is 66.3 Å². The van der Waals surface area contributed by atoms with Crippen LogP contribution in [0, 0.1) is 0 Å². The summed E-state index contributed by atoms with van der Waals surface area (Å²) in [5, 5.41) is 0. The van der Waals surface area contributed by atoms with Gasteiger partial charge in [-0.1, -0.05) is 13.0 Å². The fourth-order valence-corrected chi connectivity index (χ4v) is 1.23. The van der Waals surface area contributed by atoms with Crippen LogP contribution in [0.25, 0.3) is 0 Å². The van der Waals surface area contributed by atoms with Gasteiger partial charge in [-0.15, -0.1) is 0 Å². The fourth-order valence-electron chi connectivity index (χ4n) is 1.23. The van der Waals surface area contributed by atoms with Crippen LogP contribution in [-0.2, 0) is 9.59 Å². The van der Waals surface area contributed by atoms with Gasteiger partial charge < -0.3 is 0 Å². The molecule has 2 heteroatoms. The molecule has 0 N–H and O–H groups in total. The molecule has 0 radical (unpaired) electrons. The standard InChI is InChI=1S/C9H12O2/c1-2-4-8(10)7-5-3-6-9(7)11/h5H,2-4,6H2,1H3. The molecule has 0 saturated heterocycles. The van der Waals surface area contributed by atoms with E-state index in [4.69, 9.17) is 0 Å². The van der Waals surface area contributed by atoms with Crippen molar-refractivity contribution < 1.29 is 9.59 Å². The molecule has 0 fully saturated rings. The first kappa shape index (κ1) is 8.18. The maximum Gasteiger partial charge on any atom is 0.166 e. The molecular weight excluding hydrogens is 140 g/mol. The smallest absolute Gasteiger partial charge is 0.166 e. The number of rotatable bonds is 3. The molecule has 11 heavy (non-hydrogen) atoms. The van der Waals surface area contributed by atoms with Gasteiger partial charge in [0.05, 0.1) is 5.57 Å². The van der Waals surface area contributed by atoms with Crippen molar-refractivity contribution in [2.75, 3.05) is 0 Å². The molecule has 0 atom stereocenters. The van der Waals surface area contributed by atoms with E-state index in [1.165, 1.54) is 0 Å². The molecule has 60 valence electrons. The minimum Gasteiger partial charge on any atom is -0.294 e. The number of carbonyl (C=O) groups excluding carboxylic acids is 2. The summed E-state index contributed by atoms with van der Waals surface area (Å²) in [5.41, 5.74) is 0.451. The lowest BCUT2D eigenvalue weighted by atomic mass is 10.1. The van der Waals surface area contributed by atoms with Gasteiger partial charge in [0.1, 0.15) is 0 Å². The molecule has 0 aliphatic heterocycles. The normalized spacial score (nSPS) is 16.8. The molecule has 0 saturated carbocycles. The number of allylic oxidation sites excluding steroid dienone is 2. The van der Waals surface area contributed by atoms with E-state index in [0.29, 0.717) is 18.4 Å². The van der Waals surface area contributed by atoms with E-state index in [0.717, 1.165) is 12.8 Å². The van der Waals surface area contributed by atoms with E-state index < -0.39 is 0 Å². The van der Waals surface area contributed by atoms with E-state index in [1.54, 1.807) is 6.08 Å². The van der Waals surface area contributed by atoms with Crippen LogP contribution in [0.2, 0.25) is 0 Å². The average molecular weight is 152 g/mol. The Morgan fingerprint density at radius 1 is 1.64 bits per heavy atom. The number of Topliss-reactive ketones (excluding diaryl/α,β-unsaturated/α-hetero) is 2. The van der Waals surface area contributed by atoms with E-state index in [1.807, 2.05) is 6.92 Å². The summed E-state index contributed by atoms with van der Waals surface area (Å²) in [6.45, 7) is 1.94. The molecular formula is C9H12O2. The Kier molecular flexibility index (Phi) is 2.58. The molecule has 1 aliphatic carbocycles. The van der Waals surface area contributed by atoms with Gasteiger partial charge in [-0.25, -0.2) is 0 Å². The van der Waals surface area contributed by atoms with E-state index in [9.17, 15) is 9.59 Å². The molecule has 0 spiro atoms. The van der Waals surface area contributed by atoms with Crippen LogP contribution in [0.15, 0.2) is 11.6 Å². The zero-order valence-corrected chi connectivity index (χ0v) is 6.72. The van der Waals surface area contributed by atoms with Crippen LogP contribution in [0.5, 0.6) is 0 Å². The zero-order chi connectivity index (χ0) is 8.27. The van der Waals surface area contributed by atoms with Crippen molar-refractivity contribution in [2.45, 2.75) is 32.6 Å². The minimum absolute atomic E-state index is 0.0231. The second-order valence-electron chi connectivity index (χ2n) is 2.75. The van der Waals surface area contributed by atoms with Gasteiger partial charge in [-0.2, -0.15) is 0 Å². The van der Waals surface area contributed by atoms with Crippen molar-refractivity contribution in [3.63, 3.8) is 0 Å². The van der Waals surface area contributed by atoms with Gasteiger partial charge in [0, 0.05) is 12.8 Å². The predicted molar refractivity (Wildman–Crippen MR) is 42.2 cm³/mol. The Bertz CT molecular complexity index is 214. The minimum atomic E-state index is 0.0231. The quantitative estimate of drug-likeness (QED) is 0.576. The highest BCUT2D eigenvalue weighted by Gasteiger charge is 2.20. The van der Waals surface area contributed by atoms with Gasteiger partial charge in [0.25, 0.3) is 0 Å². The van der Waals surface area contributed by atoms with Crippen LogP contribution in [0.4, 0.5) is 0 Å². The van der Waals surface area contributed by atoms with Crippen LogP contribution in [-0.4, -0.2) is 11.6 Å². The monoisotopic (exact) mass is 152 g/mol. The first-order chi connectivity index (χ1) is 5.25.